The molecule has 1 heterocycles. The van der Waals surface area contributed by atoms with Crippen molar-refractivity contribution in [2.45, 2.75) is 91.9 Å². The first-order valence-corrected chi connectivity index (χ1v) is 18.0. The van der Waals surface area contributed by atoms with Crippen LogP contribution in [0.15, 0.2) is 71.2 Å². The summed E-state index contributed by atoms with van der Waals surface area (Å²) in [5, 5.41) is 11.4. The largest absolute Gasteiger partial charge is 0.490 e. The second kappa shape index (κ2) is 24.3. The Labute approximate surface area is 313 Å². The summed E-state index contributed by atoms with van der Waals surface area (Å²) in [6, 6.07) is -0.848. The Balaban J connectivity index is 2.68. The summed E-state index contributed by atoms with van der Waals surface area (Å²) < 4.78 is 16.0. The highest BCUT2D eigenvalue weighted by molar-refractivity contribution is 7.80. The number of alkyl carbamates (subject to hydrolysis) is 1. The molecule has 0 radical (unpaired) electrons. The Morgan fingerprint density at radius 1 is 1.10 bits per heavy atom. The van der Waals surface area contributed by atoms with Crippen molar-refractivity contribution in [3.05, 3.63) is 71.2 Å². The van der Waals surface area contributed by atoms with E-state index in [-0.39, 0.29) is 23.7 Å². The van der Waals surface area contributed by atoms with Crippen LogP contribution in [0, 0.1) is 11.3 Å². The molecule has 0 aromatic carbocycles. The SMILES string of the molecule is COC1=CCC(C(C)C=C(C)C=CC=CC(=O)NC(C(=O)NC=CCC(CC=C(C)Cl)OC(=O)NCCCNC(=O)CCS)C(C)(C)C)OC1=O. The number of carbonyl (C=O) groups is 5. The van der Waals surface area contributed by atoms with Crippen LogP contribution in [0.1, 0.15) is 73.6 Å². The van der Waals surface area contributed by atoms with Gasteiger partial charge in [-0.3, -0.25) is 14.4 Å². The van der Waals surface area contributed by atoms with Crippen molar-refractivity contribution in [1.29, 1.82) is 0 Å². The summed E-state index contributed by atoms with van der Waals surface area (Å²) in [5.41, 5.74) is 0.323. The lowest BCUT2D eigenvalue weighted by molar-refractivity contribution is -0.151. The molecule has 284 valence electrons. The predicted octanol–water partition coefficient (Wildman–Crippen LogP) is 5.53. The number of thiol groups is 1. The first-order chi connectivity index (χ1) is 24.1. The van der Waals surface area contributed by atoms with Gasteiger partial charge in [0.1, 0.15) is 18.2 Å². The number of hydrogen-bond donors (Lipinski definition) is 5. The van der Waals surface area contributed by atoms with Gasteiger partial charge in [0.05, 0.1) is 7.11 Å². The third-order valence-electron chi connectivity index (χ3n) is 7.42. The molecule has 0 aliphatic carbocycles. The third-order valence-corrected chi connectivity index (χ3v) is 7.80. The predicted molar refractivity (Wildman–Crippen MR) is 203 cm³/mol. The van der Waals surface area contributed by atoms with E-state index in [4.69, 9.17) is 25.8 Å². The van der Waals surface area contributed by atoms with Crippen LogP contribution in [0.25, 0.3) is 0 Å². The minimum absolute atomic E-state index is 0.0315. The molecule has 1 aliphatic heterocycles. The maximum atomic E-state index is 13.1. The van der Waals surface area contributed by atoms with E-state index in [0.29, 0.717) is 56.0 Å². The molecule has 12 nitrogen and oxygen atoms in total. The van der Waals surface area contributed by atoms with Gasteiger partial charge in [0.15, 0.2) is 5.76 Å². The average Bonchev–Trinajstić information content (AvgIpc) is 3.05. The zero-order valence-electron chi connectivity index (χ0n) is 30.8. The van der Waals surface area contributed by atoms with Crippen LogP contribution in [0.5, 0.6) is 0 Å². The molecule has 0 saturated heterocycles. The maximum Gasteiger partial charge on any atom is 0.407 e. The number of carbonyl (C=O) groups excluding carboxylic acids is 5. The van der Waals surface area contributed by atoms with E-state index in [0.717, 1.165) is 5.57 Å². The first kappa shape index (κ1) is 45.1. The number of methoxy groups -OCH3 is 1. The summed E-state index contributed by atoms with van der Waals surface area (Å²) >= 11 is 10.0. The normalized spacial score (nSPS) is 17.4. The highest BCUT2D eigenvalue weighted by atomic mass is 35.5. The fourth-order valence-corrected chi connectivity index (χ4v) is 4.94. The van der Waals surface area contributed by atoms with E-state index in [1.807, 2.05) is 46.8 Å². The van der Waals surface area contributed by atoms with Gasteiger partial charge in [-0.05, 0) is 43.7 Å². The van der Waals surface area contributed by atoms with Crippen molar-refractivity contribution < 1.29 is 38.2 Å². The molecule has 4 atom stereocenters. The van der Waals surface area contributed by atoms with Crippen LogP contribution in [0.4, 0.5) is 4.79 Å². The molecule has 0 fully saturated rings. The molecule has 0 aromatic heterocycles. The molecule has 0 saturated carbocycles. The molecule has 51 heavy (non-hydrogen) atoms. The number of ether oxygens (including phenoxy) is 3. The van der Waals surface area contributed by atoms with Crippen molar-refractivity contribution in [1.82, 2.24) is 21.3 Å². The van der Waals surface area contributed by atoms with Crippen LogP contribution < -0.4 is 21.3 Å². The molecule has 4 N–H and O–H groups in total. The highest BCUT2D eigenvalue weighted by Crippen LogP contribution is 2.23. The number of esters is 1. The van der Waals surface area contributed by atoms with Gasteiger partial charge in [-0.1, -0.05) is 81.3 Å². The standard InChI is InChI=1S/C37H55ClN4O8S/c1-25(24-26(2)29-17-18-30(48-7)35(46)50-29)12-8-9-14-32(44)42-33(37(4,5)6)34(45)40-20-10-13-28(16-15-27(3)38)49-36(47)41-22-11-21-39-31(43)19-23-51/h8-10,12,14-15,18,20,24,26,28-29,33,51H,11,13,16-17,19,21-23H2,1-7H3,(H,39,43)(H,40,45)(H,41,47)(H,42,44). The Morgan fingerprint density at radius 3 is 2.41 bits per heavy atom. The van der Waals surface area contributed by atoms with Crippen LogP contribution in [0.2, 0.25) is 0 Å². The van der Waals surface area contributed by atoms with Gasteiger partial charge in [0.2, 0.25) is 17.7 Å². The number of hydrogen-bond acceptors (Lipinski definition) is 9. The minimum Gasteiger partial charge on any atom is -0.490 e. The molecular formula is C37H55ClN4O8S. The van der Waals surface area contributed by atoms with Crippen molar-refractivity contribution >= 4 is 54.0 Å². The lowest BCUT2D eigenvalue weighted by atomic mass is 9.86. The molecule has 0 aromatic rings. The van der Waals surface area contributed by atoms with Crippen molar-refractivity contribution in [3.63, 3.8) is 0 Å². The fourth-order valence-electron chi connectivity index (χ4n) is 4.65. The maximum absolute atomic E-state index is 13.1. The van der Waals surface area contributed by atoms with E-state index in [2.05, 4.69) is 33.9 Å². The smallest absolute Gasteiger partial charge is 0.407 e. The summed E-state index contributed by atoms with van der Waals surface area (Å²) in [6.07, 6.45) is 15.7. The number of allylic oxidation sites excluding steroid dienone is 5. The third kappa shape index (κ3) is 19.9. The lowest BCUT2D eigenvalue weighted by Crippen LogP contribution is -2.52. The summed E-state index contributed by atoms with van der Waals surface area (Å²) in [7, 11) is 1.43. The molecule has 0 bridgehead atoms. The van der Waals surface area contributed by atoms with Gasteiger partial charge in [0, 0.05) is 55.8 Å². The minimum atomic E-state index is -0.848. The molecule has 1 rings (SSSR count). The highest BCUT2D eigenvalue weighted by Gasteiger charge is 2.32. The van der Waals surface area contributed by atoms with E-state index >= 15 is 0 Å². The quantitative estimate of drug-likeness (QED) is 0.0357. The lowest BCUT2D eigenvalue weighted by Gasteiger charge is -2.29. The van der Waals surface area contributed by atoms with Gasteiger partial charge in [-0.2, -0.15) is 12.6 Å². The van der Waals surface area contributed by atoms with Crippen molar-refractivity contribution in [3.8, 4) is 0 Å². The van der Waals surface area contributed by atoms with Crippen LogP contribution in [-0.2, 0) is 33.4 Å². The van der Waals surface area contributed by atoms with Gasteiger partial charge >= 0.3 is 12.1 Å². The number of amides is 4. The van der Waals surface area contributed by atoms with Crippen molar-refractivity contribution in [2.75, 3.05) is 26.0 Å². The summed E-state index contributed by atoms with van der Waals surface area (Å²) in [5.74, 6) is -0.765. The number of cyclic esters (lactones) is 1. The first-order valence-electron chi connectivity index (χ1n) is 17.0. The fraction of sp³-hybridized carbons (Fsp3) is 0.541. The molecular weight excluding hydrogens is 696 g/mol. The zero-order valence-corrected chi connectivity index (χ0v) is 32.4. The zero-order chi connectivity index (χ0) is 38.4. The molecule has 4 unspecified atom stereocenters. The second-order valence-corrected chi connectivity index (χ2v) is 14.1. The van der Waals surface area contributed by atoms with E-state index in [9.17, 15) is 24.0 Å². The van der Waals surface area contributed by atoms with Crippen LogP contribution in [0.3, 0.4) is 0 Å². The van der Waals surface area contributed by atoms with Crippen molar-refractivity contribution in [2.24, 2.45) is 11.3 Å². The van der Waals surface area contributed by atoms with Gasteiger partial charge in [0.25, 0.3) is 0 Å². The average molecular weight is 751 g/mol. The monoisotopic (exact) mass is 750 g/mol. The Bertz CT molecular complexity index is 1360. The van der Waals surface area contributed by atoms with Gasteiger partial charge in [-0.25, -0.2) is 9.59 Å². The molecule has 14 heteroatoms. The number of halogens is 1. The molecule has 4 amide bonds. The Hall–Kier alpha value is -3.97. The van der Waals surface area contributed by atoms with Gasteiger partial charge < -0.3 is 35.5 Å². The van der Waals surface area contributed by atoms with E-state index in [1.165, 1.54) is 19.4 Å². The van der Waals surface area contributed by atoms with Gasteiger partial charge in [-0.15, -0.1) is 0 Å². The van der Waals surface area contributed by atoms with Crippen LogP contribution in [-0.4, -0.2) is 74.0 Å². The van der Waals surface area contributed by atoms with Crippen LogP contribution >= 0.6 is 24.2 Å². The van der Waals surface area contributed by atoms with E-state index in [1.54, 1.807) is 37.3 Å². The Kier molecular flexibility index (Phi) is 21.4. The number of nitrogens with one attached hydrogen (secondary N) is 4. The number of rotatable bonds is 20. The summed E-state index contributed by atoms with van der Waals surface area (Å²) in [4.78, 5) is 61.6. The molecule has 1 aliphatic rings. The second-order valence-electron chi connectivity index (χ2n) is 13.1. The summed E-state index contributed by atoms with van der Waals surface area (Å²) in [6.45, 7) is 11.9. The van der Waals surface area contributed by atoms with E-state index < -0.39 is 41.4 Å². The molecule has 0 spiro atoms. The Morgan fingerprint density at radius 2 is 1.78 bits per heavy atom. The topological polar surface area (TPSA) is 161 Å².